The molecule has 5 nitrogen and oxygen atoms in total. The van der Waals surface area contributed by atoms with Crippen molar-refractivity contribution in [1.29, 1.82) is 0 Å². The van der Waals surface area contributed by atoms with Gasteiger partial charge in [0.25, 0.3) is 5.95 Å². The average molecular weight is 216 g/mol. The van der Waals surface area contributed by atoms with Gasteiger partial charge in [-0.05, 0) is 0 Å². The highest BCUT2D eigenvalue weighted by Gasteiger charge is 2.26. The lowest BCUT2D eigenvalue weighted by atomic mass is 10.5. The van der Waals surface area contributed by atoms with Gasteiger partial charge >= 0.3 is 0 Å². The first-order chi connectivity index (χ1) is 7.22. The Morgan fingerprint density at radius 1 is 1.27 bits per heavy atom. The van der Waals surface area contributed by atoms with Gasteiger partial charge in [0.2, 0.25) is 0 Å². The highest BCUT2D eigenvalue weighted by atomic mass is 16.6. The van der Waals surface area contributed by atoms with Crippen molar-refractivity contribution < 1.29 is 24.4 Å². The van der Waals surface area contributed by atoms with E-state index in [-0.39, 0.29) is 0 Å². The van der Waals surface area contributed by atoms with Gasteiger partial charge in [-0.2, -0.15) is 0 Å². The summed E-state index contributed by atoms with van der Waals surface area (Å²) >= 11 is 0. The van der Waals surface area contributed by atoms with Gasteiger partial charge in [0.15, 0.2) is 0 Å². The summed E-state index contributed by atoms with van der Waals surface area (Å²) in [6.07, 6.45) is 3.16. The van der Waals surface area contributed by atoms with E-state index in [4.69, 9.17) is 24.4 Å². The summed E-state index contributed by atoms with van der Waals surface area (Å²) in [5.41, 5.74) is 0. The SMILES string of the molecule is C(OCC1CO1)C1CO1.C=CC=C(O)O. The third kappa shape index (κ3) is 7.99. The van der Waals surface area contributed by atoms with Crippen LogP contribution in [-0.4, -0.2) is 48.8 Å². The van der Waals surface area contributed by atoms with Crippen LogP contribution in [0.25, 0.3) is 0 Å². The molecule has 2 aliphatic rings. The van der Waals surface area contributed by atoms with Crippen LogP contribution < -0.4 is 0 Å². The van der Waals surface area contributed by atoms with Gasteiger partial charge in [0, 0.05) is 6.08 Å². The molecule has 2 fully saturated rings. The van der Waals surface area contributed by atoms with E-state index in [1.54, 1.807) is 0 Å². The summed E-state index contributed by atoms with van der Waals surface area (Å²) in [5.74, 6) is -0.704. The van der Waals surface area contributed by atoms with Gasteiger partial charge in [-0.25, -0.2) is 0 Å². The maximum atomic E-state index is 7.90. The van der Waals surface area contributed by atoms with E-state index in [0.29, 0.717) is 12.2 Å². The molecule has 0 aliphatic carbocycles. The van der Waals surface area contributed by atoms with Gasteiger partial charge in [-0.3, -0.25) is 0 Å². The van der Waals surface area contributed by atoms with Crippen LogP contribution in [0.15, 0.2) is 24.7 Å². The van der Waals surface area contributed by atoms with E-state index in [0.717, 1.165) is 32.5 Å². The van der Waals surface area contributed by atoms with Crippen LogP contribution in [0.2, 0.25) is 0 Å². The number of hydrogen-bond donors (Lipinski definition) is 2. The first-order valence-electron chi connectivity index (χ1n) is 4.74. The van der Waals surface area contributed by atoms with Crippen LogP contribution in [0.4, 0.5) is 0 Å². The van der Waals surface area contributed by atoms with Gasteiger partial charge in [-0.15, -0.1) is 0 Å². The first kappa shape index (κ1) is 12.0. The lowest BCUT2D eigenvalue weighted by Crippen LogP contribution is -2.06. The Hall–Kier alpha value is -1.04. The molecule has 0 amide bonds. The van der Waals surface area contributed by atoms with Crippen LogP contribution >= 0.6 is 0 Å². The number of epoxide rings is 2. The molecule has 2 unspecified atom stereocenters. The topological polar surface area (TPSA) is 74.8 Å². The highest BCUT2D eigenvalue weighted by Crippen LogP contribution is 2.12. The van der Waals surface area contributed by atoms with E-state index < -0.39 is 5.95 Å². The Morgan fingerprint density at radius 3 is 1.93 bits per heavy atom. The van der Waals surface area contributed by atoms with Crippen LogP contribution in [0.1, 0.15) is 0 Å². The van der Waals surface area contributed by atoms with Crippen LogP contribution in [0, 0.1) is 0 Å². The van der Waals surface area contributed by atoms with Crippen molar-refractivity contribution >= 4 is 0 Å². The van der Waals surface area contributed by atoms with Crippen LogP contribution in [0.3, 0.4) is 0 Å². The molecule has 0 saturated carbocycles. The summed E-state index contributed by atoms with van der Waals surface area (Å²) < 4.78 is 15.1. The number of aliphatic hydroxyl groups is 2. The number of hydrogen-bond acceptors (Lipinski definition) is 5. The van der Waals surface area contributed by atoms with Crippen molar-refractivity contribution in [3.63, 3.8) is 0 Å². The zero-order chi connectivity index (χ0) is 11.1. The average Bonchev–Trinajstić information content (AvgIpc) is 2.99. The minimum Gasteiger partial charge on any atom is -0.481 e. The molecule has 2 N–H and O–H groups in total. The zero-order valence-electron chi connectivity index (χ0n) is 8.46. The summed E-state index contributed by atoms with van der Waals surface area (Å²) in [6.45, 7) is 6.47. The molecule has 0 aromatic heterocycles. The first-order valence-corrected chi connectivity index (χ1v) is 4.74. The third-order valence-corrected chi connectivity index (χ3v) is 1.68. The second-order valence-corrected chi connectivity index (χ2v) is 3.21. The summed E-state index contributed by atoms with van der Waals surface area (Å²) in [7, 11) is 0. The Morgan fingerprint density at radius 2 is 1.73 bits per heavy atom. The van der Waals surface area contributed by atoms with Crippen molar-refractivity contribution in [1.82, 2.24) is 0 Å². The Bertz CT molecular complexity index is 202. The predicted molar refractivity (Wildman–Crippen MR) is 53.8 cm³/mol. The molecule has 0 spiro atoms. The zero-order valence-corrected chi connectivity index (χ0v) is 8.46. The molecule has 0 aromatic rings. The summed E-state index contributed by atoms with van der Waals surface area (Å²) in [5, 5.41) is 15.8. The Labute approximate surface area is 88.6 Å². The second kappa shape index (κ2) is 6.44. The molecule has 0 aromatic carbocycles. The van der Waals surface area contributed by atoms with E-state index in [9.17, 15) is 0 Å². The highest BCUT2D eigenvalue weighted by molar-refractivity contribution is 4.95. The molecule has 2 aliphatic heterocycles. The Kier molecular flexibility index (Phi) is 5.17. The minimum atomic E-state index is -0.704. The van der Waals surface area contributed by atoms with Crippen molar-refractivity contribution in [2.24, 2.45) is 0 Å². The third-order valence-electron chi connectivity index (χ3n) is 1.68. The van der Waals surface area contributed by atoms with E-state index in [1.807, 2.05) is 0 Å². The van der Waals surface area contributed by atoms with Gasteiger partial charge < -0.3 is 24.4 Å². The van der Waals surface area contributed by atoms with E-state index in [2.05, 4.69) is 6.58 Å². The molecular formula is C10H16O5. The fourth-order valence-electron chi connectivity index (χ4n) is 0.765. The maximum Gasteiger partial charge on any atom is 0.274 e. The number of ether oxygens (including phenoxy) is 3. The maximum absolute atomic E-state index is 7.90. The molecule has 5 heteroatoms. The lowest BCUT2D eigenvalue weighted by Gasteiger charge is -1.95. The molecule has 0 radical (unpaired) electrons. The number of aliphatic hydroxyl groups excluding tert-OH is 1. The van der Waals surface area contributed by atoms with E-state index in [1.165, 1.54) is 6.08 Å². The molecule has 86 valence electrons. The number of rotatable bonds is 5. The van der Waals surface area contributed by atoms with Gasteiger partial charge in [0.05, 0.1) is 26.4 Å². The van der Waals surface area contributed by atoms with Crippen LogP contribution in [0.5, 0.6) is 0 Å². The molecular weight excluding hydrogens is 200 g/mol. The predicted octanol–water partition coefficient (Wildman–Crippen LogP) is 0.930. The molecule has 2 rings (SSSR count). The molecule has 2 atom stereocenters. The largest absolute Gasteiger partial charge is 0.481 e. The van der Waals surface area contributed by atoms with E-state index >= 15 is 0 Å². The Balaban J connectivity index is 0.000000167. The molecule has 15 heavy (non-hydrogen) atoms. The molecule has 2 saturated heterocycles. The second-order valence-electron chi connectivity index (χ2n) is 3.21. The smallest absolute Gasteiger partial charge is 0.274 e. The number of allylic oxidation sites excluding steroid dienone is 2. The molecule has 2 heterocycles. The van der Waals surface area contributed by atoms with Crippen molar-refractivity contribution in [3.8, 4) is 0 Å². The van der Waals surface area contributed by atoms with Crippen molar-refractivity contribution in [2.75, 3.05) is 26.4 Å². The monoisotopic (exact) mass is 216 g/mol. The van der Waals surface area contributed by atoms with Crippen molar-refractivity contribution in [3.05, 3.63) is 24.7 Å². The normalized spacial score (nSPS) is 25.9. The standard InChI is InChI=1S/C6H10O3.C4H6O2/c1(5-3-8-5)7-2-6-4-9-6;1-2-3-4(5)6/h5-6H,1-4H2;2-3,5-6H,1H2. The van der Waals surface area contributed by atoms with Crippen molar-refractivity contribution in [2.45, 2.75) is 12.2 Å². The molecule has 0 bridgehead atoms. The fraction of sp³-hybridized carbons (Fsp3) is 0.600. The van der Waals surface area contributed by atoms with Gasteiger partial charge in [-0.1, -0.05) is 12.7 Å². The quantitative estimate of drug-likeness (QED) is 0.406. The fourth-order valence-corrected chi connectivity index (χ4v) is 0.765. The summed E-state index contributed by atoms with van der Waals surface area (Å²) in [4.78, 5) is 0. The van der Waals surface area contributed by atoms with Crippen LogP contribution in [-0.2, 0) is 14.2 Å². The lowest BCUT2D eigenvalue weighted by molar-refractivity contribution is 0.102. The van der Waals surface area contributed by atoms with Gasteiger partial charge in [0.1, 0.15) is 12.2 Å². The minimum absolute atomic E-state index is 0.392. The summed E-state index contributed by atoms with van der Waals surface area (Å²) in [6, 6.07) is 0.